The standard InChI is InChI=1S/C13H13N2O3S/c1-9-8-19-10(2)14(9)7-13(16)11-3-5-12(6-4-11)15(17)18/h3-6,8H,7H2,1-2H3/q+1. The lowest BCUT2D eigenvalue weighted by atomic mass is 10.1. The second-order valence-electron chi connectivity index (χ2n) is 4.21. The molecule has 2 aromatic rings. The summed E-state index contributed by atoms with van der Waals surface area (Å²) < 4.78 is 1.94. The predicted molar refractivity (Wildman–Crippen MR) is 71.4 cm³/mol. The Labute approximate surface area is 114 Å². The molecule has 5 nitrogen and oxygen atoms in total. The van der Waals surface area contributed by atoms with Gasteiger partial charge in [-0.1, -0.05) is 11.3 Å². The number of aromatic nitrogens is 1. The average molecular weight is 277 g/mol. The third-order valence-electron chi connectivity index (χ3n) is 2.91. The number of aryl methyl sites for hydroxylation is 2. The van der Waals surface area contributed by atoms with E-state index in [0.717, 1.165) is 10.7 Å². The Balaban J connectivity index is 2.18. The van der Waals surface area contributed by atoms with Crippen LogP contribution in [0.4, 0.5) is 5.69 Å². The number of carbonyl (C=O) groups is 1. The van der Waals surface area contributed by atoms with Crippen LogP contribution < -0.4 is 4.57 Å². The Morgan fingerprint density at radius 2 is 1.95 bits per heavy atom. The number of Topliss-reactive ketones (excluding diaryl/α,β-unsaturated/α-hetero) is 1. The summed E-state index contributed by atoms with van der Waals surface area (Å²) >= 11 is 1.60. The van der Waals surface area contributed by atoms with Crippen molar-refractivity contribution in [2.45, 2.75) is 20.4 Å². The van der Waals surface area contributed by atoms with Crippen LogP contribution in [0.2, 0.25) is 0 Å². The van der Waals surface area contributed by atoms with Gasteiger partial charge in [0.05, 0.1) is 10.3 Å². The summed E-state index contributed by atoms with van der Waals surface area (Å²) in [5, 5.41) is 13.6. The van der Waals surface area contributed by atoms with E-state index in [0.29, 0.717) is 5.56 Å². The number of ketones is 1. The highest BCUT2D eigenvalue weighted by Crippen LogP contribution is 2.13. The van der Waals surface area contributed by atoms with Crippen LogP contribution in [0.15, 0.2) is 29.6 Å². The number of non-ortho nitro benzene ring substituents is 1. The predicted octanol–water partition coefficient (Wildman–Crippen LogP) is 2.44. The maximum atomic E-state index is 12.1. The SMILES string of the molecule is Cc1csc(C)[n+]1CC(=O)c1ccc([N+](=O)[O-])cc1. The lowest BCUT2D eigenvalue weighted by Gasteiger charge is -1.99. The number of nitrogens with zero attached hydrogens (tertiary/aromatic N) is 2. The monoisotopic (exact) mass is 277 g/mol. The lowest BCUT2D eigenvalue weighted by molar-refractivity contribution is -0.689. The molecule has 0 saturated carbocycles. The first kappa shape index (κ1) is 13.4. The van der Waals surface area contributed by atoms with Crippen molar-refractivity contribution in [3.8, 4) is 0 Å². The largest absolute Gasteiger partial charge is 0.287 e. The molecule has 1 heterocycles. The van der Waals surface area contributed by atoms with Crippen molar-refractivity contribution in [1.29, 1.82) is 0 Å². The lowest BCUT2D eigenvalue weighted by Crippen LogP contribution is -2.41. The van der Waals surface area contributed by atoms with Crippen LogP contribution in [0.5, 0.6) is 0 Å². The van der Waals surface area contributed by atoms with Crippen LogP contribution in [-0.2, 0) is 6.54 Å². The van der Waals surface area contributed by atoms with Gasteiger partial charge in [0.15, 0.2) is 5.69 Å². The van der Waals surface area contributed by atoms with Crippen molar-refractivity contribution in [2.75, 3.05) is 0 Å². The van der Waals surface area contributed by atoms with Crippen LogP contribution >= 0.6 is 11.3 Å². The van der Waals surface area contributed by atoms with Gasteiger partial charge in [0, 0.05) is 31.5 Å². The highest BCUT2D eigenvalue weighted by Gasteiger charge is 2.19. The van der Waals surface area contributed by atoms with Gasteiger partial charge in [-0.2, -0.15) is 4.57 Å². The summed E-state index contributed by atoms with van der Waals surface area (Å²) in [5.41, 5.74) is 1.52. The van der Waals surface area contributed by atoms with Gasteiger partial charge in [-0.05, 0) is 12.1 Å². The molecule has 0 fully saturated rings. The van der Waals surface area contributed by atoms with Gasteiger partial charge in [0.2, 0.25) is 17.3 Å². The quantitative estimate of drug-likeness (QED) is 0.373. The van der Waals surface area contributed by atoms with Gasteiger partial charge >= 0.3 is 0 Å². The summed E-state index contributed by atoms with van der Waals surface area (Å²) in [6.07, 6.45) is 0. The van der Waals surface area contributed by atoms with Crippen molar-refractivity contribution in [1.82, 2.24) is 0 Å². The maximum absolute atomic E-state index is 12.1. The molecule has 2 rings (SSSR count). The van der Waals surface area contributed by atoms with Crippen LogP contribution in [0.1, 0.15) is 21.1 Å². The highest BCUT2D eigenvalue weighted by atomic mass is 32.1. The van der Waals surface area contributed by atoms with Crippen molar-refractivity contribution in [3.63, 3.8) is 0 Å². The second kappa shape index (κ2) is 5.27. The molecule has 0 amide bonds. The normalized spacial score (nSPS) is 10.4. The molecule has 0 saturated heterocycles. The third kappa shape index (κ3) is 2.85. The zero-order chi connectivity index (χ0) is 14.0. The fraction of sp³-hybridized carbons (Fsp3) is 0.231. The molecule has 6 heteroatoms. The number of hydrogen-bond donors (Lipinski definition) is 0. The number of rotatable bonds is 4. The third-order valence-corrected chi connectivity index (χ3v) is 3.93. The molecule has 0 bridgehead atoms. The smallest absolute Gasteiger partial charge is 0.269 e. The molecule has 0 aliphatic rings. The Kier molecular flexibility index (Phi) is 3.71. The molecule has 19 heavy (non-hydrogen) atoms. The van der Waals surface area contributed by atoms with Gasteiger partial charge in [-0.25, -0.2) is 0 Å². The van der Waals surface area contributed by atoms with Crippen LogP contribution in [0.25, 0.3) is 0 Å². The molecule has 0 N–H and O–H groups in total. The Morgan fingerprint density at radius 1 is 1.32 bits per heavy atom. The molecule has 1 aromatic heterocycles. The molecular formula is C13H13N2O3S+. The van der Waals surface area contributed by atoms with E-state index < -0.39 is 4.92 Å². The van der Waals surface area contributed by atoms with E-state index in [1.807, 2.05) is 23.8 Å². The molecule has 98 valence electrons. The highest BCUT2D eigenvalue weighted by molar-refractivity contribution is 7.09. The van der Waals surface area contributed by atoms with Crippen molar-refractivity contribution in [2.24, 2.45) is 0 Å². The van der Waals surface area contributed by atoms with Crippen molar-refractivity contribution in [3.05, 3.63) is 56.0 Å². The molecule has 0 spiro atoms. The van der Waals surface area contributed by atoms with Gasteiger partial charge < -0.3 is 0 Å². The van der Waals surface area contributed by atoms with Gasteiger partial charge in [0.25, 0.3) is 5.69 Å². The summed E-state index contributed by atoms with van der Waals surface area (Å²) in [6.45, 7) is 4.17. The topological polar surface area (TPSA) is 64.1 Å². The van der Waals surface area contributed by atoms with E-state index in [1.54, 1.807) is 11.3 Å². The molecule has 1 aromatic carbocycles. The first-order valence-electron chi connectivity index (χ1n) is 5.71. The van der Waals surface area contributed by atoms with Gasteiger partial charge in [0.1, 0.15) is 0 Å². The maximum Gasteiger partial charge on any atom is 0.269 e. The van der Waals surface area contributed by atoms with E-state index in [2.05, 4.69) is 0 Å². The van der Waals surface area contributed by atoms with Crippen LogP contribution in [0.3, 0.4) is 0 Å². The molecule has 0 aliphatic carbocycles. The van der Waals surface area contributed by atoms with E-state index in [4.69, 9.17) is 0 Å². The first-order valence-corrected chi connectivity index (χ1v) is 6.59. The van der Waals surface area contributed by atoms with Gasteiger partial charge in [-0.3, -0.25) is 14.9 Å². The zero-order valence-electron chi connectivity index (χ0n) is 10.6. The van der Waals surface area contributed by atoms with Gasteiger partial charge in [-0.15, -0.1) is 0 Å². The minimum atomic E-state index is -0.476. The summed E-state index contributed by atoms with van der Waals surface area (Å²) in [5.74, 6) is -0.0514. The zero-order valence-corrected chi connectivity index (χ0v) is 11.4. The van der Waals surface area contributed by atoms with E-state index in [-0.39, 0.29) is 18.0 Å². The van der Waals surface area contributed by atoms with Crippen LogP contribution in [0, 0.1) is 24.0 Å². The van der Waals surface area contributed by atoms with E-state index in [1.165, 1.54) is 24.3 Å². The average Bonchev–Trinajstić information content (AvgIpc) is 2.70. The number of benzene rings is 1. The fourth-order valence-electron chi connectivity index (χ4n) is 1.79. The minimum absolute atomic E-state index is 0.00732. The number of nitro benzene ring substituents is 1. The molecule has 0 atom stereocenters. The molecule has 0 aliphatic heterocycles. The summed E-state index contributed by atoms with van der Waals surface area (Å²) in [6, 6.07) is 5.70. The van der Waals surface area contributed by atoms with Crippen molar-refractivity contribution >= 4 is 22.8 Å². The van der Waals surface area contributed by atoms with E-state index in [9.17, 15) is 14.9 Å². The Morgan fingerprint density at radius 3 is 2.42 bits per heavy atom. The fourth-order valence-corrected chi connectivity index (χ4v) is 2.59. The number of carbonyl (C=O) groups excluding carboxylic acids is 1. The number of hydrogen-bond acceptors (Lipinski definition) is 4. The van der Waals surface area contributed by atoms with Crippen molar-refractivity contribution < 1.29 is 14.3 Å². The Bertz CT molecular complexity index is 612. The summed E-state index contributed by atoms with van der Waals surface area (Å²) in [7, 11) is 0. The first-order chi connectivity index (χ1) is 8.99. The Hall–Kier alpha value is -2.08. The number of thiazole rings is 1. The number of nitro groups is 1. The second-order valence-corrected chi connectivity index (χ2v) is 5.27. The molecular weight excluding hydrogens is 264 g/mol. The summed E-state index contributed by atoms with van der Waals surface area (Å²) in [4.78, 5) is 22.2. The minimum Gasteiger partial charge on any atom is -0.287 e. The molecule has 0 unspecified atom stereocenters. The van der Waals surface area contributed by atoms with Crippen LogP contribution in [-0.4, -0.2) is 10.7 Å². The van der Waals surface area contributed by atoms with E-state index >= 15 is 0 Å². The molecule has 0 radical (unpaired) electrons.